The molecule has 0 aromatic carbocycles. The van der Waals surface area contributed by atoms with Gasteiger partial charge in [-0.3, -0.25) is 0 Å². The van der Waals surface area contributed by atoms with Crippen molar-refractivity contribution in [1.29, 1.82) is 0 Å². The van der Waals surface area contributed by atoms with E-state index < -0.39 is 0 Å². The largest absolute Gasteiger partial charge is 0.475 e. The van der Waals surface area contributed by atoms with Crippen LogP contribution in [0.2, 0.25) is 5.02 Å². The van der Waals surface area contributed by atoms with Crippen LogP contribution in [0.1, 0.15) is 32.9 Å². The maximum absolute atomic E-state index is 5.92. The van der Waals surface area contributed by atoms with Crippen molar-refractivity contribution in [1.82, 2.24) is 4.98 Å². The zero-order valence-electron chi connectivity index (χ0n) is 10.0. The third-order valence-corrected chi connectivity index (χ3v) is 2.56. The van der Waals surface area contributed by atoms with Gasteiger partial charge in [0.15, 0.2) is 0 Å². The van der Waals surface area contributed by atoms with Crippen molar-refractivity contribution in [3.63, 3.8) is 0 Å². The second-order valence-electron chi connectivity index (χ2n) is 4.34. The maximum atomic E-state index is 5.92. The number of hydrogen-bond donors (Lipinski definition) is 1. The van der Waals surface area contributed by atoms with Crippen LogP contribution in [0.3, 0.4) is 0 Å². The normalized spacial score (nSPS) is 12.9. The fraction of sp³-hybridized carbons (Fsp3) is 0.583. The van der Waals surface area contributed by atoms with Crippen LogP contribution in [-0.2, 0) is 6.54 Å². The molecule has 0 aliphatic rings. The predicted molar refractivity (Wildman–Crippen MR) is 66.7 cm³/mol. The van der Waals surface area contributed by atoms with Crippen LogP contribution in [0.15, 0.2) is 12.1 Å². The molecule has 0 amide bonds. The van der Waals surface area contributed by atoms with Crippen molar-refractivity contribution >= 4 is 11.6 Å². The number of hydrogen-bond acceptors (Lipinski definition) is 3. The quantitative estimate of drug-likeness (QED) is 0.864. The summed E-state index contributed by atoms with van der Waals surface area (Å²) in [6.45, 7) is 6.70. The Morgan fingerprint density at radius 2 is 2.06 bits per heavy atom. The van der Waals surface area contributed by atoms with Gasteiger partial charge in [-0.25, -0.2) is 4.98 Å². The van der Waals surface area contributed by atoms with Gasteiger partial charge in [-0.1, -0.05) is 25.4 Å². The Labute approximate surface area is 102 Å². The minimum absolute atomic E-state index is 0.152. The first-order chi connectivity index (χ1) is 7.52. The van der Waals surface area contributed by atoms with Crippen molar-refractivity contribution < 1.29 is 4.74 Å². The smallest absolute Gasteiger partial charge is 0.213 e. The molecular formula is C12H19ClN2O. The lowest BCUT2D eigenvalue weighted by Crippen LogP contribution is -2.15. The molecule has 0 bridgehead atoms. The molecule has 0 saturated carbocycles. The number of aromatic nitrogens is 1. The van der Waals surface area contributed by atoms with E-state index in [1.807, 2.05) is 6.92 Å². The Morgan fingerprint density at radius 3 is 2.62 bits per heavy atom. The summed E-state index contributed by atoms with van der Waals surface area (Å²) in [5, 5.41) is 0.589. The zero-order valence-corrected chi connectivity index (χ0v) is 10.8. The van der Waals surface area contributed by atoms with E-state index in [1.54, 1.807) is 12.1 Å². The highest BCUT2D eigenvalue weighted by Crippen LogP contribution is 2.19. The molecule has 1 unspecified atom stereocenters. The molecule has 0 saturated heterocycles. The van der Waals surface area contributed by atoms with E-state index in [-0.39, 0.29) is 6.10 Å². The van der Waals surface area contributed by atoms with Gasteiger partial charge in [-0.2, -0.15) is 0 Å². The average molecular weight is 243 g/mol. The Bertz CT molecular complexity index is 342. The summed E-state index contributed by atoms with van der Waals surface area (Å²) in [6, 6.07) is 3.55. The molecule has 1 rings (SSSR count). The van der Waals surface area contributed by atoms with Crippen molar-refractivity contribution in [3.8, 4) is 5.88 Å². The number of halogens is 1. The van der Waals surface area contributed by atoms with Crippen molar-refractivity contribution in [2.75, 3.05) is 0 Å². The summed E-state index contributed by atoms with van der Waals surface area (Å²) < 4.78 is 5.70. The molecule has 0 spiro atoms. The molecule has 0 fully saturated rings. The van der Waals surface area contributed by atoms with E-state index in [9.17, 15) is 0 Å². The van der Waals surface area contributed by atoms with Crippen molar-refractivity contribution in [2.45, 2.75) is 39.8 Å². The first kappa shape index (κ1) is 13.3. The molecule has 2 N–H and O–H groups in total. The number of nitrogens with two attached hydrogens (primary N) is 1. The monoisotopic (exact) mass is 242 g/mol. The molecule has 1 aromatic heterocycles. The Morgan fingerprint density at radius 1 is 1.38 bits per heavy atom. The third-order valence-electron chi connectivity index (χ3n) is 2.21. The number of nitrogens with zero attached hydrogens (tertiary/aromatic N) is 1. The van der Waals surface area contributed by atoms with Crippen molar-refractivity contribution in [2.24, 2.45) is 11.7 Å². The fourth-order valence-electron chi connectivity index (χ4n) is 1.59. The van der Waals surface area contributed by atoms with Gasteiger partial charge < -0.3 is 10.5 Å². The summed E-state index contributed by atoms with van der Waals surface area (Å²) in [7, 11) is 0. The molecule has 16 heavy (non-hydrogen) atoms. The fourth-order valence-corrected chi connectivity index (χ4v) is 1.77. The maximum Gasteiger partial charge on any atom is 0.213 e. The minimum Gasteiger partial charge on any atom is -0.475 e. The molecule has 0 aliphatic carbocycles. The van der Waals surface area contributed by atoms with Crippen LogP contribution in [0, 0.1) is 5.92 Å². The zero-order chi connectivity index (χ0) is 12.1. The van der Waals surface area contributed by atoms with Gasteiger partial charge in [-0.05, 0) is 25.3 Å². The SMILES string of the molecule is CC(C)CC(C)Oc1ccc(Cl)c(CN)n1. The molecular weight excluding hydrogens is 224 g/mol. The van der Waals surface area contributed by atoms with Gasteiger partial charge in [0.05, 0.1) is 16.8 Å². The summed E-state index contributed by atoms with van der Waals surface area (Å²) in [6.07, 6.45) is 1.15. The Kier molecular flexibility index (Phi) is 5.03. The second-order valence-corrected chi connectivity index (χ2v) is 4.75. The lowest BCUT2D eigenvalue weighted by atomic mass is 10.1. The first-order valence-corrected chi connectivity index (χ1v) is 5.93. The summed E-state index contributed by atoms with van der Waals surface area (Å²) in [5.74, 6) is 1.20. The van der Waals surface area contributed by atoms with E-state index in [0.29, 0.717) is 29.1 Å². The van der Waals surface area contributed by atoms with Crippen LogP contribution in [-0.4, -0.2) is 11.1 Å². The van der Waals surface area contributed by atoms with Gasteiger partial charge >= 0.3 is 0 Å². The lowest BCUT2D eigenvalue weighted by molar-refractivity contribution is 0.185. The molecule has 4 heteroatoms. The van der Waals surface area contributed by atoms with Crippen LogP contribution in [0.4, 0.5) is 0 Å². The van der Waals surface area contributed by atoms with Crippen LogP contribution in [0.25, 0.3) is 0 Å². The summed E-state index contributed by atoms with van der Waals surface area (Å²) in [5.41, 5.74) is 6.21. The van der Waals surface area contributed by atoms with E-state index >= 15 is 0 Å². The highest BCUT2D eigenvalue weighted by Gasteiger charge is 2.09. The van der Waals surface area contributed by atoms with E-state index in [4.69, 9.17) is 22.1 Å². The number of pyridine rings is 1. The number of ether oxygens (including phenoxy) is 1. The third kappa shape index (κ3) is 3.99. The Balaban J connectivity index is 2.67. The first-order valence-electron chi connectivity index (χ1n) is 5.55. The van der Waals surface area contributed by atoms with Gasteiger partial charge in [0.25, 0.3) is 0 Å². The predicted octanol–water partition coefficient (Wildman–Crippen LogP) is 3.01. The average Bonchev–Trinajstić information content (AvgIpc) is 2.19. The molecule has 1 atom stereocenters. The van der Waals surface area contributed by atoms with Gasteiger partial charge in [0.2, 0.25) is 5.88 Å². The van der Waals surface area contributed by atoms with Gasteiger partial charge in [0.1, 0.15) is 0 Å². The molecule has 1 heterocycles. The van der Waals surface area contributed by atoms with Gasteiger partial charge in [0, 0.05) is 12.6 Å². The second kappa shape index (κ2) is 6.06. The lowest BCUT2D eigenvalue weighted by Gasteiger charge is -2.16. The van der Waals surface area contributed by atoms with Gasteiger partial charge in [-0.15, -0.1) is 0 Å². The van der Waals surface area contributed by atoms with E-state index in [2.05, 4.69) is 18.8 Å². The standard InChI is InChI=1S/C12H19ClN2O/c1-8(2)6-9(3)16-12-5-4-10(13)11(7-14)15-12/h4-5,8-9H,6-7,14H2,1-3H3. The molecule has 0 aliphatic heterocycles. The molecule has 3 nitrogen and oxygen atoms in total. The van der Waals surface area contributed by atoms with Crippen LogP contribution in [0.5, 0.6) is 5.88 Å². The van der Waals surface area contributed by atoms with E-state index in [0.717, 1.165) is 6.42 Å². The molecule has 90 valence electrons. The summed E-state index contributed by atoms with van der Waals surface area (Å²) >= 11 is 5.92. The number of rotatable bonds is 5. The van der Waals surface area contributed by atoms with Crippen molar-refractivity contribution in [3.05, 3.63) is 22.8 Å². The highest BCUT2D eigenvalue weighted by molar-refractivity contribution is 6.31. The minimum atomic E-state index is 0.152. The molecule has 0 radical (unpaired) electrons. The molecule has 1 aromatic rings. The Hall–Kier alpha value is -0.800. The van der Waals surface area contributed by atoms with E-state index in [1.165, 1.54) is 0 Å². The topological polar surface area (TPSA) is 48.1 Å². The summed E-state index contributed by atoms with van der Waals surface area (Å²) in [4.78, 5) is 4.26. The van der Waals surface area contributed by atoms with Crippen LogP contribution >= 0.6 is 11.6 Å². The van der Waals surface area contributed by atoms with Crippen LogP contribution < -0.4 is 10.5 Å². The highest BCUT2D eigenvalue weighted by atomic mass is 35.5.